The van der Waals surface area contributed by atoms with Gasteiger partial charge in [0.25, 0.3) is 0 Å². The highest BCUT2D eigenvalue weighted by molar-refractivity contribution is 6.33. The van der Waals surface area contributed by atoms with E-state index in [-0.39, 0.29) is 18.0 Å². The second kappa shape index (κ2) is 6.83. The third-order valence-corrected chi connectivity index (χ3v) is 3.35. The minimum atomic E-state index is -0.354. The van der Waals surface area contributed by atoms with Crippen LogP contribution < -0.4 is 0 Å². The van der Waals surface area contributed by atoms with E-state index in [9.17, 15) is 9.18 Å². The van der Waals surface area contributed by atoms with Crippen LogP contribution in [0.1, 0.15) is 16.1 Å². The van der Waals surface area contributed by atoms with Gasteiger partial charge in [-0.25, -0.2) is 4.39 Å². The van der Waals surface area contributed by atoms with Crippen molar-refractivity contribution in [2.24, 2.45) is 0 Å². The first-order valence-corrected chi connectivity index (χ1v) is 6.99. The molecule has 0 aliphatic heterocycles. The molecule has 4 nitrogen and oxygen atoms in total. The van der Waals surface area contributed by atoms with E-state index in [0.29, 0.717) is 22.8 Å². The number of halogens is 2. The van der Waals surface area contributed by atoms with Gasteiger partial charge in [0, 0.05) is 13.0 Å². The summed E-state index contributed by atoms with van der Waals surface area (Å²) in [5, 5.41) is 4.46. The number of likely N-dealkylation sites (N-methyl/N-ethyl adjacent to an activating group) is 1. The Labute approximate surface area is 128 Å². The van der Waals surface area contributed by atoms with Crippen LogP contribution in [0.4, 0.5) is 4.39 Å². The van der Waals surface area contributed by atoms with Gasteiger partial charge < -0.3 is 4.90 Å². The van der Waals surface area contributed by atoms with Crippen LogP contribution in [0, 0.1) is 5.82 Å². The zero-order valence-corrected chi connectivity index (χ0v) is 12.8. The van der Waals surface area contributed by atoms with Gasteiger partial charge in [-0.05, 0) is 31.8 Å². The lowest BCUT2D eigenvalue weighted by atomic mass is 10.1. The van der Waals surface area contributed by atoms with Crippen LogP contribution in [0.3, 0.4) is 0 Å². The number of ketones is 1. The molecule has 112 valence electrons. The predicted molar refractivity (Wildman–Crippen MR) is 80.2 cm³/mol. The molecule has 0 amide bonds. The minimum Gasteiger partial charge on any atom is -0.308 e. The van der Waals surface area contributed by atoms with E-state index in [1.165, 1.54) is 18.3 Å². The molecule has 6 heteroatoms. The monoisotopic (exact) mass is 309 g/mol. The smallest absolute Gasteiger partial charge is 0.186 e. The van der Waals surface area contributed by atoms with Gasteiger partial charge in [-0.3, -0.25) is 9.48 Å². The number of carbonyl (C=O) groups is 1. The Hall–Kier alpha value is -1.72. The minimum absolute atomic E-state index is 0.102. The average molecular weight is 310 g/mol. The molecular weight excluding hydrogens is 293 g/mol. The molecule has 0 aliphatic rings. The van der Waals surface area contributed by atoms with E-state index in [1.54, 1.807) is 16.8 Å². The Morgan fingerprint density at radius 3 is 2.86 bits per heavy atom. The van der Waals surface area contributed by atoms with E-state index >= 15 is 0 Å². The first kappa shape index (κ1) is 15.7. The van der Waals surface area contributed by atoms with Gasteiger partial charge in [0.05, 0.1) is 17.8 Å². The van der Waals surface area contributed by atoms with Crippen molar-refractivity contribution in [3.63, 3.8) is 0 Å². The number of Topliss-reactive ketones (excluding diaryl/α,β-unsaturated/α-hetero) is 1. The summed E-state index contributed by atoms with van der Waals surface area (Å²) in [6.07, 6.45) is 1.57. The second-order valence-electron chi connectivity index (χ2n) is 5.10. The molecule has 0 unspecified atom stereocenters. The first-order valence-electron chi connectivity index (χ1n) is 6.61. The highest BCUT2D eigenvalue weighted by Gasteiger charge is 2.18. The van der Waals surface area contributed by atoms with Crippen molar-refractivity contribution >= 4 is 17.4 Å². The third-order valence-electron chi connectivity index (χ3n) is 3.07. The molecule has 0 bridgehead atoms. The molecule has 0 fully saturated rings. The second-order valence-corrected chi connectivity index (χ2v) is 5.50. The fourth-order valence-corrected chi connectivity index (χ4v) is 2.27. The maximum Gasteiger partial charge on any atom is 0.186 e. The zero-order chi connectivity index (χ0) is 15.4. The molecule has 0 radical (unpaired) electrons. The number of carbonyl (C=O) groups excluding carboxylic acids is 1. The van der Waals surface area contributed by atoms with Crippen LogP contribution in [0.5, 0.6) is 0 Å². The van der Waals surface area contributed by atoms with Gasteiger partial charge in [0.2, 0.25) is 0 Å². The number of hydrogen-bond acceptors (Lipinski definition) is 3. The maximum atomic E-state index is 13.2. The standard InChI is InChI=1S/C15H17ClFN3O/c1-19(2)6-7-20-15(13(16)10-18-20)14(21)9-11-4-3-5-12(17)8-11/h3-5,8,10H,6-7,9H2,1-2H3. The van der Waals surface area contributed by atoms with E-state index in [0.717, 1.165) is 6.54 Å². The Balaban J connectivity index is 2.17. The molecule has 2 rings (SSSR count). The van der Waals surface area contributed by atoms with Crippen LogP contribution in [-0.4, -0.2) is 41.1 Å². The number of rotatable bonds is 6. The lowest BCUT2D eigenvalue weighted by molar-refractivity contribution is 0.0982. The van der Waals surface area contributed by atoms with Crippen molar-refractivity contribution in [2.45, 2.75) is 13.0 Å². The van der Waals surface area contributed by atoms with Crippen LogP contribution in [0.25, 0.3) is 0 Å². The predicted octanol–water partition coefficient (Wildman–Crippen LogP) is 2.66. The number of aromatic nitrogens is 2. The fourth-order valence-electron chi connectivity index (χ4n) is 2.02. The number of nitrogens with zero attached hydrogens (tertiary/aromatic N) is 3. The van der Waals surface area contributed by atoms with Gasteiger partial charge >= 0.3 is 0 Å². The highest BCUT2D eigenvalue weighted by Crippen LogP contribution is 2.18. The van der Waals surface area contributed by atoms with Gasteiger partial charge in [0.15, 0.2) is 5.78 Å². The molecule has 0 aliphatic carbocycles. The summed E-state index contributed by atoms with van der Waals surface area (Å²) >= 11 is 6.06. The van der Waals surface area contributed by atoms with Crippen molar-refractivity contribution in [2.75, 3.05) is 20.6 Å². The topological polar surface area (TPSA) is 38.1 Å². The van der Waals surface area contributed by atoms with E-state index < -0.39 is 0 Å². The van der Waals surface area contributed by atoms with Gasteiger partial charge in [-0.2, -0.15) is 5.10 Å². The number of benzene rings is 1. The van der Waals surface area contributed by atoms with E-state index in [4.69, 9.17) is 11.6 Å². The van der Waals surface area contributed by atoms with Crippen LogP contribution >= 0.6 is 11.6 Å². The molecule has 1 aromatic heterocycles. The SMILES string of the molecule is CN(C)CCn1ncc(Cl)c1C(=O)Cc1cccc(F)c1. The Morgan fingerprint density at radius 1 is 1.43 bits per heavy atom. The summed E-state index contributed by atoms with van der Waals surface area (Å²) in [4.78, 5) is 14.4. The van der Waals surface area contributed by atoms with Gasteiger partial charge in [-0.15, -0.1) is 0 Å². The van der Waals surface area contributed by atoms with Gasteiger partial charge in [0.1, 0.15) is 11.5 Å². The summed E-state index contributed by atoms with van der Waals surface area (Å²) in [5.74, 6) is -0.519. The molecule has 0 saturated carbocycles. The first-order chi connectivity index (χ1) is 9.97. The van der Waals surface area contributed by atoms with Gasteiger partial charge in [-0.1, -0.05) is 23.7 Å². The summed E-state index contributed by atoms with van der Waals surface area (Å²) in [6, 6.07) is 6.01. The zero-order valence-electron chi connectivity index (χ0n) is 12.0. The highest BCUT2D eigenvalue weighted by atomic mass is 35.5. The molecule has 0 saturated heterocycles. The quantitative estimate of drug-likeness (QED) is 0.770. The van der Waals surface area contributed by atoms with E-state index in [2.05, 4.69) is 5.10 Å². The maximum absolute atomic E-state index is 13.2. The molecule has 0 N–H and O–H groups in total. The molecular formula is C15H17ClFN3O. The van der Waals surface area contributed by atoms with Crippen LogP contribution in [0.2, 0.25) is 5.02 Å². The summed E-state index contributed by atoms with van der Waals surface area (Å²) in [6.45, 7) is 1.32. The molecule has 1 aromatic carbocycles. The summed E-state index contributed by atoms with van der Waals surface area (Å²) in [5.41, 5.74) is 0.999. The third kappa shape index (κ3) is 4.12. The molecule has 0 spiro atoms. The van der Waals surface area contributed by atoms with Crippen molar-refractivity contribution in [1.82, 2.24) is 14.7 Å². The average Bonchev–Trinajstić information content (AvgIpc) is 2.77. The molecule has 1 heterocycles. The Kier molecular flexibility index (Phi) is 5.09. The van der Waals surface area contributed by atoms with Crippen molar-refractivity contribution in [3.05, 3.63) is 52.6 Å². The Morgan fingerprint density at radius 2 is 2.19 bits per heavy atom. The molecule has 2 aromatic rings. The molecule has 0 atom stereocenters. The summed E-state index contributed by atoms with van der Waals surface area (Å²) in [7, 11) is 3.89. The molecule has 21 heavy (non-hydrogen) atoms. The van der Waals surface area contributed by atoms with Crippen LogP contribution in [-0.2, 0) is 13.0 Å². The van der Waals surface area contributed by atoms with Crippen LogP contribution in [0.15, 0.2) is 30.5 Å². The van der Waals surface area contributed by atoms with Crippen molar-refractivity contribution < 1.29 is 9.18 Å². The largest absolute Gasteiger partial charge is 0.308 e. The summed E-state index contributed by atoms with van der Waals surface area (Å²) < 4.78 is 14.8. The van der Waals surface area contributed by atoms with Crippen molar-refractivity contribution in [3.8, 4) is 0 Å². The fraction of sp³-hybridized carbons (Fsp3) is 0.333. The Bertz CT molecular complexity index is 640. The number of hydrogen-bond donors (Lipinski definition) is 0. The lowest BCUT2D eigenvalue weighted by Gasteiger charge is -2.11. The van der Waals surface area contributed by atoms with Crippen molar-refractivity contribution in [1.29, 1.82) is 0 Å². The van der Waals surface area contributed by atoms with E-state index in [1.807, 2.05) is 19.0 Å². The lowest BCUT2D eigenvalue weighted by Crippen LogP contribution is -2.22. The normalized spacial score (nSPS) is 11.1.